The van der Waals surface area contributed by atoms with Crippen molar-refractivity contribution in [2.75, 3.05) is 7.11 Å². The lowest BCUT2D eigenvalue weighted by molar-refractivity contribution is -0.386. The molecular weight excluding hydrogens is 365 g/mol. The first-order valence-electron chi connectivity index (χ1n) is 4.55. The zero-order valence-electron chi connectivity index (χ0n) is 9.02. The van der Waals surface area contributed by atoms with Crippen molar-refractivity contribution < 1.29 is 23.2 Å². The number of aromatic nitrogens is 1. The summed E-state index contributed by atoms with van der Waals surface area (Å²) in [5, 5.41) is 10.9. The first-order chi connectivity index (χ1) is 8.38. The van der Waals surface area contributed by atoms with Gasteiger partial charge in [0.25, 0.3) is 12.1 Å². The third-order valence-electron chi connectivity index (χ3n) is 2.08. The van der Waals surface area contributed by atoms with Crippen molar-refractivity contribution in [1.82, 2.24) is 4.98 Å². The Labute approximate surface area is 114 Å². The van der Waals surface area contributed by atoms with Gasteiger partial charge >= 0.3 is 5.97 Å². The maximum Gasteiger partial charge on any atom is 0.310 e. The van der Waals surface area contributed by atoms with Gasteiger partial charge < -0.3 is 4.74 Å². The summed E-state index contributed by atoms with van der Waals surface area (Å²) in [7, 11) is 1.07. The number of halogens is 3. The Balaban J connectivity index is 3.43. The molecule has 0 bridgehead atoms. The third-order valence-corrected chi connectivity index (χ3v) is 2.87. The summed E-state index contributed by atoms with van der Waals surface area (Å²) in [5.41, 5.74) is -1.72. The van der Waals surface area contributed by atoms with Gasteiger partial charge in [0, 0.05) is 6.20 Å². The lowest BCUT2D eigenvalue weighted by atomic mass is 10.1. The highest BCUT2D eigenvalue weighted by atomic mass is 127. The summed E-state index contributed by atoms with van der Waals surface area (Å²) in [6, 6.07) is 0. The van der Waals surface area contributed by atoms with Gasteiger partial charge in [-0.15, -0.1) is 0 Å². The lowest BCUT2D eigenvalue weighted by Gasteiger charge is -2.08. The second-order valence-electron chi connectivity index (χ2n) is 3.13. The number of ether oxygens (including phenoxy) is 1. The molecule has 1 aromatic heterocycles. The Kier molecular flexibility index (Phi) is 4.87. The van der Waals surface area contributed by atoms with Crippen molar-refractivity contribution in [3.05, 3.63) is 31.1 Å². The first-order valence-corrected chi connectivity index (χ1v) is 5.63. The summed E-state index contributed by atoms with van der Waals surface area (Å²) in [6.07, 6.45) is -2.64. The number of rotatable bonds is 4. The molecule has 0 amide bonds. The first kappa shape index (κ1) is 14.7. The Hall–Kier alpha value is -1.39. The van der Waals surface area contributed by atoms with Gasteiger partial charge in [0.2, 0.25) is 0 Å². The Morgan fingerprint density at radius 2 is 2.28 bits per heavy atom. The van der Waals surface area contributed by atoms with Crippen LogP contribution in [0.25, 0.3) is 0 Å². The maximum atomic E-state index is 12.7. The maximum absolute atomic E-state index is 12.7. The molecular formula is C9H7F2IN2O4. The highest BCUT2D eigenvalue weighted by molar-refractivity contribution is 14.1. The SMILES string of the molecule is COC(=O)Cc1c(C(F)F)ncc(I)c1[N+](=O)[O-]. The van der Waals surface area contributed by atoms with Crippen molar-refractivity contribution in [2.45, 2.75) is 12.8 Å². The lowest BCUT2D eigenvalue weighted by Crippen LogP contribution is -2.12. The molecule has 0 spiro atoms. The molecule has 0 unspecified atom stereocenters. The highest BCUT2D eigenvalue weighted by Crippen LogP contribution is 2.32. The van der Waals surface area contributed by atoms with E-state index in [1.54, 1.807) is 22.6 Å². The topological polar surface area (TPSA) is 82.3 Å². The summed E-state index contributed by atoms with van der Waals surface area (Å²) in [4.78, 5) is 24.6. The van der Waals surface area contributed by atoms with Crippen LogP contribution in [0.5, 0.6) is 0 Å². The normalized spacial score (nSPS) is 10.5. The van der Waals surface area contributed by atoms with Crippen LogP contribution in [0.4, 0.5) is 14.5 Å². The molecule has 0 aliphatic carbocycles. The number of nitro groups is 1. The predicted octanol–water partition coefficient (Wildman–Crippen LogP) is 2.25. The molecule has 1 rings (SSSR count). The molecule has 0 aliphatic rings. The van der Waals surface area contributed by atoms with Crippen LogP contribution < -0.4 is 0 Å². The average Bonchev–Trinajstić information content (AvgIpc) is 2.27. The zero-order valence-corrected chi connectivity index (χ0v) is 11.2. The minimum atomic E-state index is -3.00. The molecule has 0 fully saturated rings. The van der Waals surface area contributed by atoms with Crippen LogP contribution >= 0.6 is 22.6 Å². The number of carbonyl (C=O) groups excluding carboxylic acids is 1. The average molecular weight is 372 g/mol. The number of hydrogen-bond acceptors (Lipinski definition) is 5. The van der Waals surface area contributed by atoms with E-state index in [2.05, 4.69) is 9.72 Å². The number of nitrogens with zero attached hydrogens (tertiary/aromatic N) is 2. The molecule has 0 atom stereocenters. The van der Waals surface area contributed by atoms with Crippen LogP contribution in [0.1, 0.15) is 17.7 Å². The van der Waals surface area contributed by atoms with Crippen LogP contribution in [0.2, 0.25) is 0 Å². The number of pyridine rings is 1. The standard InChI is InChI=1S/C9H7F2IN2O4/c1-18-6(15)2-4-7(9(10)11)13-3-5(12)8(4)14(16)17/h3,9H,2H2,1H3. The van der Waals surface area contributed by atoms with E-state index in [1.807, 2.05) is 0 Å². The number of esters is 1. The molecule has 6 nitrogen and oxygen atoms in total. The quantitative estimate of drug-likeness (QED) is 0.351. The van der Waals surface area contributed by atoms with E-state index in [9.17, 15) is 23.7 Å². The highest BCUT2D eigenvalue weighted by Gasteiger charge is 2.29. The molecule has 0 aliphatic heterocycles. The molecule has 9 heteroatoms. The van der Waals surface area contributed by atoms with E-state index < -0.39 is 40.7 Å². The Morgan fingerprint density at radius 3 is 2.72 bits per heavy atom. The van der Waals surface area contributed by atoms with Crippen LogP contribution in [-0.2, 0) is 16.0 Å². The van der Waals surface area contributed by atoms with E-state index >= 15 is 0 Å². The fraction of sp³-hybridized carbons (Fsp3) is 0.333. The molecule has 1 aromatic rings. The molecule has 0 N–H and O–H groups in total. The molecule has 0 radical (unpaired) electrons. The van der Waals surface area contributed by atoms with Crippen LogP contribution in [0.15, 0.2) is 6.20 Å². The van der Waals surface area contributed by atoms with Crippen molar-refractivity contribution in [2.24, 2.45) is 0 Å². The number of hydrogen-bond donors (Lipinski definition) is 0. The van der Waals surface area contributed by atoms with Gasteiger partial charge in [0.05, 0.1) is 24.0 Å². The van der Waals surface area contributed by atoms with Crippen LogP contribution in [0, 0.1) is 13.7 Å². The van der Waals surface area contributed by atoms with Crippen LogP contribution in [-0.4, -0.2) is 23.0 Å². The summed E-state index contributed by atoms with van der Waals surface area (Å²) in [5.74, 6) is -0.844. The van der Waals surface area contributed by atoms with Gasteiger partial charge in [-0.2, -0.15) is 0 Å². The second kappa shape index (κ2) is 5.98. The molecule has 0 saturated carbocycles. The van der Waals surface area contributed by atoms with Gasteiger partial charge in [0.1, 0.15) is 9.26 Å². The van der Waals surface area contributed by atoms with Crippen molar-refractivity contribution >= 4 is 34.2 Å². The van der Waals surface area contributed by atoms with E-state index in [4.69, 9.17) is 0 Å². The molecule has 1 heterocycles. The molecule has 0 aromatic carbocycles. The minimum absolute atomic E-state index is 0.0842. The monoisotopic (exact) mass is 372 g/mol. The molecule has 98 valence electrons. The van der Waals surface area contributed by atoms with Crippen molar-refractivity contribution in [3.8, 4) is 0 Å². The number of alkyl halides is 2. The van der Waals surface area contributed by atoms with E-state index in [0.29, 0.717) is 0 Å². The summed E-state index contributed by atoms with van der Waals surface area (Å²) in [6.45, 7) is 0. The van der Waals surface area contributed by atoms with Crippen molar-refractivity contribution in [3.63, 3.8) is 0 Å². The smallest absolute Gasteiger partial charge is 0.310 e. The predicted molar refractivity (Wildman–Crippen MR) is 64.3 cm³/mol. The Morgan fingerprint density at radius 1 is 1.67 bits per heavy atom. The van der Waals surface area contributed by atoms with Crippen LogP contribution in [0.3, 0.4) is 0 Å². The van der Waals surface area contributed by atoms with Gasteiger partial charge in [-0.1, -0.05) is 0 Å². The van der Waals surface area contributed by atoms with Gasteiger partial charge in [-0.3, -0.25) is 19.9 Å². The van der Waals surface area contributed by atoms with Crippen molar-refractivity contribution in [1.29, 1.82) is 0 Å². The third kappa shape index (κ3) is 3.09. The fourth-order valence-electron chi connectivity index (χ4n) is 1.31. The number of carbonyl (C=O) groups is 1. The molecule has 18 heavy (non-hydrogen) atoms. The fourth-order valence-corrected chi connectivity index (χ4v) is 1.97. The Bertz CT molecular complexity index is 496. The van der Waals surface area contributed by atoms with E-state index in [1.165, 1.54) is 0 Å². The van der Waals surface area contributed by atoms with E-state index in [0.717, 1.165) is 13.3 Å². The molecule has 0 saturated heterocycles. The zero-order chi connectivity index (χ0) is 13.9. The van der Waals surface area contributed by atoms with E-state index in [-0.39, 0.29) is 3.57 Å². The minimum Gasteiger partial charge on any atom is -0.469 e. The second-order valence-corrected chi connectivity index (χ2v) is 4.29. The summed E-state index contributed by atoms with van der Waals surface area (Å²) >= 11 is 1.60. The summed E-state index contributed by atoms with van der Waals surface area (Å²) < 4.78 is 29.8. The van der Waals surface area contributed by atoms with Gasteiger partial charge in [-0.05, 0) is 22.6 Å². The largest absolute Gasteiger partial charge is 0.469 e. The van der Waals surface area contributed by atoms with Gasteiger partial charge in [0.15, 0.2) is 0 Å². The van der Waals surface area contributed by atoms with Gasteiger partial charge in [-0.25, -0.2) is 8.78 Å². The number of methoxy groups -OCH3 is 1.